The molecule has 4 rings (SSSR count). The van der Waals surface area contributed by atoms with Gasteiger partial charge in [-0.1, -0.05) is 18.2 Å². The number of aromatic nitrogens is 3. The first-order chi connectivity index (χ1) is 13.8. The van der Waals surface area contributed by atoms with E-state index in [9.17, 15) is 4.79 Å². The smallest absolute Gasteiger partial charge is 0.220 e. The normalized spacial score (nSPS) is 13.4. The minimum Gasteiger partial charge on any atom is -0.354 e. The molecule has 1 saturated carbocycles. The van der Waals surface area contributed by atoms with Crippen LogP contribution in [0.4, 0.5) is 0 Å². The highest BCUT2D eigenvalue weighted by molar-refractivity contribution is 7.99. The molecule has 0 atom stereocenters. The van der Waals surface area contributed by atoms with E-state index in [2.05, 4.69) is 33.2 Å². The van der Waals surface area contributed by atoms with Gasteiger partial charge in [-0.3, -0.25) is 14.5 Å². The number of carbonyl (C=O) groups is 1. The molecule has 0 saturated heterocycles. The van der Waals surface area contributed by atoms with Crippen LogP contribution in [0.5, 0.6) is 0 Å². The Labute approximate surface area is 169 Å². The van der Waals surface area contributed by atoms with Crippen LogP contribution in [0.3, 0.4) is 0 Å². The molecule has 0 spiro atoms. The van der Waals surface area contributed by atoms with Crippen molar-refractivity contribution in [2.24, 2.45) is 0 Å². The summed E-state index contributed by atoms with van der Waals surface area (Å²) in [7, 11) is 0. The van der Waals surface area contributed by atoms with Gasteiger partial charge in [0, 0.05) is 53.2 Å². The van der Waals surface area contributed by atoms with Crippen LogP contribution in [0.1, 0.15) is 30.9 Å². The summed E-state index contributed by atoms with van der Waals surface area (Å²) in [6.45, 7) is 1.31. The first-order valence-corrected chi connectivity index (χ1v) is 10.7. The van der Waals surface area contributed by atoms with Gasteiger partial charge in [-0.25, -0.2) is 0 Å². The SMILES string of the molecule is O=C(CCSc1ccccc1)NCCn1nc(-c2ccncc2)cc1C1CC1. The third kappa shape index (κ3) is 5.01. The van der Waals surface area contributed by atoms with Gasteiger partial charge < -0.3 is 5.32 Å². The zero-order chi connectivity index (χ0) is 19.2. The molecule has 0 aliphatic heterocycles. The van der Waals surface area contributed by atoms with Gasteiger partial charge in [0.1, 0.15) is 0 Å². The highest BCUT2D eigenvalue weighted by atomic mass is 32.2. The van der Waals surface area contributed by atoms with Crippen LogP contribution in [-0.4, -0.2) is 33.0 Å². The second kappa shape index (κ2) is 9.06. The van der Waals surface area contributed by atoms with Crippen molar-refractivity contribution in [1.82, 2.24) is 20.1 Å². The van der Waals surface area contributed by atoms with Gasteiger partial charge in [0.15, 0.2) is 0 Å². The summed E-state index contributed by atoms with van der Waals surface area (Å²) in [4.78, 5) is 17.4. The zero-order valence-corrected chi connectivity index (χ0v) is 16.6. The second-order valence-electron chi connectivity index (χ2n) is 6.95. The van der Waals surface area contributed by atoms with E-state index in [1.165, 1.54) is 23.4 Å². The zero-order valence-electron chi connectivity index (χ0n) is 15.8. The lowest BCUT2D eigenvalue weighted by atomic mass is 10.2. The van der Waals surface area contributed by atoms with Crippen LogP contribution < -0.4 is 5.32 Å². The van der Waals surface area contributed by atoms with Crippen LogP contribution in [0.25, 0.3) is 11.3 Å². The van der Waals surface area contributed by atoms with Crippen molar-refractivity contribution < 1.29 is 4.79 Å². The first kappa shape index (κ1) is 18.7. The molecule has 28 heavy (non-hydrogen) atoms. The summed E-state index contributed by atoms with van der Waals surface area (Å²) in [5.41, 5.74) is 3.34. The molecule has 1 fully saturated rings. The van der Waals surface area contributed by atoms with Crippen molar-refractivity contribution in [2.45, 2.75) is 36.6 Å². The summed E-state index contributed by atoms with van der Waals surface area (Å²) in [5.74, 6) is 1.50. The number of nitrogens with one attached hydrogen (secondary N) is 1. The average Bonchev–Trinajstić information content (AvgIpc) is 3.49. The molecular weight excluding hydrogens is 368 g/mol. The van der Waals surface area contributed by atoms with Crippen LogP contribution >= 0.6 is 11.8 Å². The highest BCUT2D eigenvalue weighted by Crippen LogP contribution is 2.41. The molecule has 2 aromatic heterocycles. The van der Waals surface area contributed by atoms with E-state index >= 15 is 0 Å². The molecule has 1 N–H and O–H groups in total. The Balaban J connectivity index is 1.27. The molecule has 1 aromatic carbocycles. The van der Waals surface area contributed by atoms with E-state index in [1.807, 2.05) is 30.3 Å². The molecular formula is C22H24N4OS. The third-order valence-electron chi connectivity index (χ3n) is 4.77. The molecule has 1 amide bonds. The van der Waals surface area contributed by atoms with Crippen molar-refractivity contribution in [3.63, 3.8) is 0 Å². The van der Waals surface area contributed by atoms with Crippen molar-refractivity contribution in [3.05, 3.63) is 66.6 Å². The Morgan fingerprint density at radius 1 is 1.14 bits per heavy atom. The number of nitrogens with zero attached hydrogens (tertiary/aromatic N) is 3. The number of pyridine rings is 1. The van der Waals surface area contributed by atoms with E-state index in [0.29, 0.717) is 25.4 Å². The maximum atomic E-state index is 12.1. The van der Waals surface area contributed by atoms with Crippen molar-refractivity contribution in [2.75, 3.05) is 12.3 Å². The van der Waals surface area contributed by atoms with Gasteiger partial charge in [0.2, 0.25) is 5.91 Å². The number of amides is 1. The molecule has 1 aliphatic carbocycles. The van der Waals surface area contributed by atoms with E-state index in [4.69, 9.17) is 5.10 Å². The summed E-state index contributed by atoms with van der Waals surface area (Å²) >= 11 is 1.71. The molecule has 1 aliphatic rings. The molecule has 5 nitrogen and oxygen atoms in total. The first-order valence-electron chi connectivity index (χ1n) is 9.72. The minimum atomic E-state index is 0.0953. The van der Waals surface area contributed by atoms with Crippen molar-refractivity contribution in [1.29, 1.82) is 0 Å². The van der Waals surface area contributed by atoms with Crippen molar-refractivity contribution >= 4 is 17.7 Å². The number of carbonyl (C=O) groups excluding carboxylic acids is 1. The lowest BCUT2D eigenvalue weighted by Gasteiger charge is -2.08. The predicted molar refractivity (Wildman–Crippen MR) is 112 cm³/mol. The maximum absolute atomic E-state index is 12.1. The average molecular weight is 393 g/mol. The molecule has 3 aromatic rings. The number of rotatable bonds is 9. The second-order valence-corrected chi connectivity index (χ2v) is 8.12. The Morgan fingerprint density at radius 3 is 2.68 bits per heavy atom. The molecule has 6 heteroatoms. The molecule has 0 unspecified atom stereocenters. The maximum Gasteiger partial charge on any atom is 0.220 e. The fraction of sp³-hybridized carbons (Fsp3) is 0.318. The summed E-state index contributed by atoms with van der Waals surface area (Å²) in [6, 6.07) is 16.3. The van der Waals surface area contributed by atoms with E-state index in [0.717, 1.165) is 17.0 Å². The lowest BCUT2D eigenvalue weighted by Crippen LogP contribution is -2.28. The fourth-order valence-corrected chi connectivity index (χ4v) is 4.02. The van der Waals surface area contributed by atoms with Crippen molar-refractivity contribution in [3.8, 4) is 11.3 Å². The number of hydrogen-bond acceptors (Lipinski definition) is 4. The van der Waals surface area contributed by atoms with Gasteiger partial charge in [0.05, 0.1) is 12.2 Å². The summed E-state index contributed by atoms with van der Waals surface area (Å²) < 4.78 is 2.06. The van der Waals surface area contributed by atoms with E-state index in [1.54, 1.807) is 24.2 Å². The van der Waals surface area contributed by atoms with Gasteiger partial charge >= 0.3 is 0 Å². The number of benzene rings is 1. The minimum absolute atomic E-state index is 0.0953. The highest BCUT2D eigenvalue weighted by Gasteiger charge is 2.28. The monoisotopic (exact) mass is 392 g/mol. The van der Waals surface area contributed by atoms with E-state index < -0.39 is 0 Å². The van der Waals surface area contributed by atoms with Crippen LogP contribution in [-0.2, 0) is 11.3 Å². The molecule has 0 radical (unpaired) electrons. The van der Waals surface area contributed by atoms with Crippen LogP contribution in [0.15, 0.2) is 65.8 Å². The Bertz CT molecular complexity index is 907. The van der Waals surface area contributed by atoms with Gasteiger partial charge in [0.25, 0.3) is 0 Å². The van der Waals surface area contributed by atoms with Gasteiger partial charge in [-0.05, 0) is 43.2 Å². The Hall–Kier alpha value is -2.60. The molecule has 144 valence electrons. The molecule has 0 bridgehead atoms. The van der Waals surface area contributed by atoms with Gasteiger partial charge in [-0.2, -0.15) is 5.10 Å². The topological polar surface area (TPSA) is 59.8 Å². The quantitative estimate of drug-likeness (QED) is 0.557. The van der Waals surface area contributed by atoms with E-state index in [-0.39, 0.29) is 5.91 Å². The molecule has 2 heterocycles. The predicted octanol–water partition coefficient (Wildman–Crippen LogP) is 4.12. The number of thioether (sulfide) groups is 1. The number of hydrogen-bond donors (Lipinski definition) is 1. The third-order valence-corrected chi connectivity index (χ3v) is 5.78. The van der Waals surface area contributed by atoms with Crippen LogP contribution in [0.2, 0.25) is 0 Å². The summed E-state index contributed by atoms with van der Waals surface area (Å²) in [5, 5.41) is 7.80. The standard InChI is InChI=1S/C22H24N4OS/c27-22(10-15-28-19-4-2-1-3-5-19)24-13-14-26-21(18-6-7-18)16-20(25-26)17-8-11-23-12-9-17/h1-5,8-9,11-12,16,18H,6-7,10,13-15H2,(H,24,27). The van der Waals surface area contributed by atoms with Gasteiger partial charge in [-0.15, -0.1) is 11.8 Å². The van der Waals surface area contributed by atoms with Crippen LogP contribution in [0, 0.1) is 0 Å². The Morgan fingerprint density at radius 2 is 1.93 bits per heavy atom. The lowest BCUT2D eigenvalue weighted by molar-refractivity contribution is -0.120. The fourth-order valence-electron chi connectivity index (χ4n) is 3.15. The largest absolute Gasteiger partial charge is 0.354 e. The summed E-state index contributed by atoms with van der Waals surface area (Å²) in [6.07, 6.45) is 6.56. The Kier molecular flexibility index (Phi) is 6.07.